The van der Waals surface area contributed by atoms with Gasteiger partial charge in [-0.25, -0.2) is 4.79 Å². The standard InChI is InChI=1S/C42H66O18/c1-18-35(60-38-33(49)31(47)29(45)26(59-38)17-54-16-25-28(44)30(46)32(48)37(51)58-25)36(53-4)34(50)39(56-18)57-21-7-10-40(2)20(14-21)5-6-24-23(40)8-11-41(3)22(9-12-42(24,41)52)19-13-27(43)55-15-19/h13,18,20-26,28-39,44-52H,5-12,14-17H2,1-4H3. The molecular formula is C42H66O18. The molecule has 18 nitrogen and oxygen atoms in total. The molecule has 0 amide bonds. The number of esters is 1. The van der Waals surface area contributed by atoms with Crippen molar-refractivity contribution in [3.05, 3.63) is 11.6 Å². The van der Waals surface area contributed by atoms with Crippen molar-refractivity contribution in [3.8, 4) is 0 Å². The minimum atomic E-state index is -1.77. The Kier molecular flexibility index (Phi) is 12.9. The van der Waals surface area contributed by atoms with E-state index in [1.54, 1.807) is 13.0 Å². The second-order valence-corrected chi connectivity index (χ2v) is 19.4. The molecule has 4 heterocycles. The number of aliphatic hydroxyl groups is 9. The van der Waals surface area contributed by atoms with Gasteiger partial charge in [-0.1, -0.05) is 13.8 Å². The Morgan fingerprint density at radius 1 is 0.717 bits per heavy atom. The largest absolute Gasteiger partial charge is 0.458 e. The van der Waals surface area contributed by atoms with Gasteiger partial charge in [0.15, 0.2) is 18.9 Å². The third-order valence-corrected chi connectivity index (χ3v) is 16.5. The zero-order valence-electron chi connectivity index (χ0n) is 34.8. The van der Waals surface area contributed by atoms with Crippen LogP contribution in [0.1, 0.15) is 78.6 Å². The quantitative estimate of drug-likeness (QED) is 0.0918. The average Bonchev–Trinajstić information content (AvgIpc) is 3.77. The number of ether oxygens (including phenoxy) is 8. The van der Waals surface area contributed by atoms with Crippen LogP contribution in [0, 0.1) is 34.5 Å². The highest BCUT2D eigenvalue weighted by molar-refractivity contribution is 5.85. The van der Waals surface area contributed by atoms with Crippen LogP contribution in [0.25, 0.3) is 0 Å². The number of carbonyl (C=O) groups is 1. The minimum absolute atomic E-state index is 0.0122. The Morgan fingerprint density at radius 2 is 1.40 bits per heavy atom. The van der Waals surface area contributed by atoms with Crippen LogP contribution in [0.3, 0.4) is 0 Å². The molecule has 0 spiro atoms. The number of rotatable bonds is 10. The van der Waals surface area contributed by atoms with Crippen molar-refractivity contribution < 1.29 is 88.6 Å². The lowest BCUT2D eigenvalue weighted by molar-refractivity contribution is -0.363. The van der Waals surface area contributed by atoms with E-state index in [0.717, 1.165) is 63.4 Å². The van der Waals surface area contributed by atoms with E-state index in [1.807, 2.05) is 0 Å². The van der Waals surface area contributed by atoms with Crippen LogP contribution in [0.4, 0.5) is 0 Å². The van der Waals surface area contributed by atoms with E-state index < -0.39 is 111 Å². The minimum Gasteiger partial charge on any atom is -0.458 e. The highest BCUT2D eigenvalue weighted by Gasteiger charge is 2.68. The SMILES string of the molecule is COC1C(O)C(OC2CCC3(C)C(CCC4C3CCC3(C)C(C5=CC(=O)OC5)CCC43O)C2)OC(C)C1OC1OC(COCC2OC(O)C(O)C(O)C2O)C(O)C(O)C1O. The Bertz CT molecular complexity index is 1570. The first-order chi connectivity index (χ1) is 28.4. The van der Waals surface area contributed by atoms with Crippen LogP contribution in [0.15, 0.2) is 11.6 Å². The summed E-state index contributed by atoms with van der Waals surface area (Å²) in [6.45, 7) is 5.86. The fourth-order valence-electron chi connectivity index (χ4n) is 12.9. The number of aliphatic hydroxyl groups excluding tert-OH is 8. The van der Waals surface area contributed by atoms with Gasteiger partial charge in [0.1, 0.15) is 73.8 Å². The van der Waals surface area contributed by atoms with Crippen molar-refractivity contribution in [2.24, 2.45) is 34.5 Å². The summed E-state index contributed by atoms with van der Waals surface area (Å²) in [4.78, 5) is 12.0. The maximum Gasteiger partial charge on any atom is 0.331 e. The molecule has 8 aliphatic rings. The van der Waals surface area contributed by atoms with Gasteiger partial charge in [-0.05, 0) is 99.4 Å². The molecule has 0 radical (unpaired) electrons. The molecule has 8 rings (SSSR count). The molecule has 23 unspecified atom stereocenters. The van der Waals surface area contributed by atoms with Gasteiger partial charge in [-0.2, -0.15) is 0 Å². The molecule has 0 bridgehead atoms. The van der Waals surface area contributed by atoms with Crippen molar-refractivity contribution in [1.82, 2.24) is 0 Å². The van der Waals surface area contributed by atoms with Gasteiger partial charge in [0.2, 0.25) is 0 Å². The van der Waals surface area contributed by atoms with Gasteiger partial charge in [-0.15, -0.1) is 0 Å². The molecule has 4 aliphatic heterocycles. The first-order valence-electron chi connectivity index (χ1n) is 21.8. The molecule has 60 heavy (non-hydrogen) atoms. The topological polar surface area (TPSA) is 273 Å². The molecule has 7 fully saturated rings. The van der Waals surface area contributed by atoms with Crippen LogP contribution in [-0.2, 0) is 42.7 Å². The maximum absolute atomic E-state index is 12.6. The molecule has 4 saturated carbocycles. The van der Waals surface area contributed by atoms with Crippen LogP contribution in [0.5, 0.6) is 0 Å². The molecule has 9 N–H and O–H groups in total. The summed E-state index contributed by atoms with van der Waals surface area (Å²) in [5, 5.41) is 96.2. The molecule has 342 valence electrons. The van der Waals surface area contributed by atoms with Crippen LogP contribution < -0.4 is 0 Å². The number of methoxy groups -OCH3 is 1. The second kappa shape index (κ2) is 17.2. The van der Waals surface area contributed by atoms with Gasteiger partial charge >= 0.3 is 5.97 Å². The maximum atomic E-state index is 12.6. The molecule has 23 atom stereocenters. The van der Waals surface area contributed by atoms with Crippen molar-refractivity contribution >= 4 is 5.97 Å². The number of fused-ring (bicyclic) bond motifs is 5. The Balaban J connectivity index is 0.862. The summed E-state index contributed by atoms with van der Waals surface area (Å²) in [5.41, 5.74) is -0.0732. The number of cyclic esters (lactones) is 1. The van der Waals surface area contributed by atoms with Gasteiger partial charge in [0.25, 0.3) is 0 Å². The van der Waals surface area contributed by atoms with E-state index in [2.05, 4.69) is 13.8 Å². The summed E-state index contributed by atoms with van der Waals surface area (Å²) in [5.74, 6) is 0.740. The van der Waals surface area contributed by atoms with Crippen LogP contribution in [-0.4, -0.2) is 183 Å². The molecule has 3 saturated heterocycles. The molecular weight excluding hydrogens is 792 g/mol. The summed E-state index contributed by atoms with van der Waals surface area (Å²) in [6, 6.07) is 0. The Morgan fingerprint density at radius 3 is 2.08 bits per heavy atom. The lowest BCUT2D eigenvalue weighted by Crippen LogP contribution is -2.64. The monoisotopic (exact) mass is 858 g/mol. The number of carbonyl (C=O) groups excluding carboxylic acids is 1. The second-order valence-electron chi connectivity index (χ2n) is 19.4. The van der Waals surface area contributed by atoms with E-state index >= 15 is 0 Å². The third kappa shape index (κ3) is 7.60. The molecule has 0 aromatic heterocycles. The Hall–Kier alpha value is -1.43. The molecule has 0 aromatic carbocycles. The fourth-order valence-corrected chi connectivity index (χ4v) is 12.9. The highest BCUT2D eigenvalue weighted by Crippen LogP contribution is 2.70. The van der Waals surface area contributed by atoms with E-state index in [0.29, 0.717) is 18.4 Å². The summed E-state index contributed by atoms with van der Waals surface area (Å²) in [7, 11) is 1.40. The summed E-state index contributed by atoms with van der Waals surface area (Å²) < 4.78 is 46.4. The van der Waals surface area contributed by atoms with Crippen LogP contribution >= 0.6 is 0 Å². The average molecular weight is 859 g/mol. The van der Waals surface area contributed by atoms with Crippen molar-refractivity contribution in [3.63, 3.8) is 0 Å². The first kappa shape index (κ1) is 45.1. The van der Waals surface area contributed by atoms with Crippen molar-refractivity contribution in [2.45, 2.75) is 182 Å². The van der Waals surface area contributed by atoms with Gasteiger partial charge < -0.3 is 83.9 Å². The van der Waals surface area contributed by atoms with Gasteiger partial charge in [-0.3, -0.25) is 0 Å². The van der Waals surface area contributed by atoms with E-state index in [1.165, 1.54) is 7.11 Å². The first-order valence-corrected chi connectivity index (χ1v) is 21.8. The van der Waals surface area contributed by atoms with E-state index in [-0.39, 0.29) is 34.7 Å². The highest BCUT2D eigenvalue weighted by atomic mass is 16.7. The van der Waals surface area contributed by atoms with E-state index in [4.69, 9.17) is 37.9 Å². The summed E-state index contributed by atoms with van der Waals surface area (Å²) >= 11 is 0. The molecule has 4 aliphatic carbocycles. The Labute approximate surface area is 349 Å². The predicted octanol–water partition coefficient (Wildman–Crippen LogP) is -1.24. The summed E-state index contributed by atoms with van der Waals surface area (Å²) in [6.07, 6.45) is -11.7. The number of hydrogen-bond donors (Lipinski definition) is 9. The zero-order valence-corrected chi connectivity index (χ0v) is 34.8. The predicted molar refractivity (Wildman–Crippen MR) is 203 cm³/mol. The zero-order chi connectivity index (χ0) is 43.1. The van der Waals surface area contributed by atoms with E-state index in [9.17, 15) is 50.8 Å². The van der Waals surface area contributed by atoms with Gasteiger partial charge in [0.05, 0.1) is 31.0 Å². The fraction of sp³-hybridized carbons (Fsp3) is 0.929. The molecule has 0 aromatic rings. The number of hydrogen-bond acceptors (Lipinski definition) is 18. The van der Waals surface area contributed by atoms with Crippen molar-refractivity contribution in [2.75, 3.05) is 26.9 Å². The van der Waals surface area contributed by atoms with Crippen LogP contribution in [0.2, 0.25) is 0 Å². The lowest BCUT2D eigenvalue weighted by Gasteiger charge is -2.64. The third-order valence-electron chi connectivity index (χ3n) is 16.5. The van der Waals surface area contributed by atoms with Crippen molar-refractivity contribution in [1.29, 1.82) is 0 Å². The smallest absolute Gasteiger partial charge is 0.331 e. The van der Waals surface area contributed by atoms with Gasteiger partial charge in [0, 0.05) is 18.6 Å². The molecule has 18 heteroatoms. The lowest BCUT2D eigenvalue weighted by atomic mass is 9.43. The normalized spacial score (nSPS) is 54.4.